The first-order chi connectivity index (χ1) is 4.33. The van der Waals surface area contributed by atoms with Crippen molar-refractivity contribution in [1.29, 1.82) is 0 Å². The molecule has 0 amide bonds. The normalized spacial score (nSPS) is 23.3. The van der Waals surface area contributed by atoms with Crippen LogP contribution in [0.4, 0.5) is 0 Å². The Morgan fingerprint density at radius 1 is 1.44 bits per heavy atom. The quantitative estimate of drug-likeness (QED) is 0.615. The van der Waals surface area contributed by atoms with Gasteiger partial charge in [-0.3, -0.25) is 0 Å². The minimum atomic E-state index is 0.689. The number of rotatable bonds is 3. The zero-order valence-electron chi connectivity index (χ0n) is 6.32. The highest BCUT2D eigenvalue weighted by Crippen LogP contribution is 2.46. The molecule has 1 heteroatoms. The van der Waals surface area contributed by atoms with Crippen LogP contribution in [0.2, 0.25) is 0 Å². The van der Waals surface area contributed by atoms with E-state index in [1.165, 1.54) is 32.1 Å². The minimum Gasteiger partial charge on any atom is -0.330 e. The lowest BCUT2D eigenvalue weighted by atomic mass is 9.65. The molecular weight excluding hydrogens is 110 g/mol. The molecule has 0 aromatic carbocycles. The van der Waals surface area contributed by atoms with Crippen LogP contribution in [-0.2, 0) is 0 Å². The van der Waals surface area contributed by atoms with E-state index in [4.69, 9.17) is 5.73 Å². The molecule has 0 spiro atoms. The molecule has 0 atom stereocenters. The molecule has 54 valence electrons. The largest absolute Gasteiger partial charge is 0.330 e. The minimum absolute atomic E-state index is 0.689. The van der Waals surface area contributed by atoms with Gasteiger partial charge in [-0.1, -0.05) is 19.8 Å². The molecule has 0 saturated heterocycles. The molecule has 1 aliphatic rings. The molecule has 1 rings (SSSR count). The summed E-state index contributed by atoms with van der Waals surface area (Å²) in [7, 11) is 0. The number of hydrogen-bond acceptors (Lipinski definition) is 1. The van der Waals surface area contributed by atoms with Crippen molar-refractivity contribution in [2.75, 3.05) is 6.54 Å². The Kier molecular flexibility index (Phi) is 2.12. The topological polar surface area (TPSA) is 26.0 Å². The second kappa shape index (κ2) is 2.70. The first kappa shape index (κ1) is 7.07. The molecule has 0 aliphatic heterocycles. The molecule has 1 aliphatic carbocycles. The fourth-order valence-electron chi connectivity index (χ4n) is 1.76. The lowest BCUT2D eigenvalue weighted by Crippen LogP contribution is -2.30. The second-order valence-corrected chi connectivity index (χ2v) is 3.25. The molecular formula is C8H17N. The Bertz CT molecular complexity index is 79.1. The van der Waals surface area contributed by atoms with Gasteiger partial charge in [0.15, 0.2) is 0 Å². The van der Waals surface area contributed by atoms with Crippen molar-refractivity contribution in [3.63, 3.8) is 0 Å². The van der Waals surface area contributed by atoms with Gasteiger partial charge in [-0.15, -0.1) is 0 Å². The van der Waals surface area contributed by atoms with E-state index in [0.717, 1.165) is 6.54 Å². The zero-order chi connectivity index (χ0) is 6.74. The van der Waals surface area contributed by atoms with Gasteiger partial charge in [0.2, 0.25) is 0 Å². The Morgan fingerprint density at radius 2 is 2.11 bits per heavy atom. The maximum absolute atomic E-state index is 5.50. The van der Waals surface area contributed by atoms with E-state index in [9.17, 15) is 0 Å². The van der Waals surface area contributed by atoms with Gasteiger partial charge >= 0.3 is 0 Å². The number of hydrogen-bond donors (Lipinski definition) is 1. The molecule has 1 nitrogen and oxygen atoms in total. The average Bonchev–Trinajstić information content (AvgIpc) is 1.79. The van der Waals surface area contributed by atoms with Crippen LogP contribution in [0.5, 0.6) is 0 Å². The van der Waals surface area contributed by atoms with Crippen molar-refractivity contribution in [3.8, 4) is 0 Å². The summed E-state index contributed by atoms with van der Waals surface area (Å²) < 4.78 is 0. The fraction of sp³-hybridized carbons (Fsp3) is 1.00. The van der Waals surface area contributed by atoms with E-state index in [1.54, 1.807) is 0 Å². The lowest BCUT2D eigenvalue weighted by molar-refractivity contribution is 0.117. The van der Waals surface area contributed by atoms with E-state index < -0.39 is 0 Å². The van der Waals surface area contributed by atoms with Crippen LogP contribution in [0.1, 0.15) is 39.0 Å². The smallest absolute Gasteiger partial charge is 0.00720 e. The van der Waals surface area contributed by atoms with Gasteiger partial charge in [0.25, 0.3) is 0 Å². The first-order valence-corrected chi connectivity index (χ1v) is 4.03. The molecule has 0 bridgehead atoms. The monoisotopic (exact) mass is 127 g/mol. The van der Waals surface area contributed by atoms with Crippen molar-refractivity contribution in [1.82, 2.24) is 0 Å². The van der Waals surface area contributed by atoms with Gasteiger partial charge in [0.1, 0.15) is 0 Å². The summed E-state index contributed by atoms with van der Waals surface area (Å²) >= 11 is 0. The van der Waals surface area contributed by atoms with Crippen molar-refractivity contribution >= 4 is 0 Å². The average molecular weight is 127 g/mol. The highest BCUT2D eigenvalue weighted by Gasteiger charge is 2.33. The SMILES string of the molecule is CCC1(CCN)CCC1. The third-order valence-corrected chi connectivity index (χ3v) is 2.84. The van der Waals surface area contributed by atoms with E-state index in [0.29, 0.717) is 5.41 Å². The highest BCUT2D eigenvalue weighted by molar-refractivity contribution is 4.86. The Labute approximate surface area is 57.6 Å². The van der Waals surface area contributed by atoms with E-state index in [2.05, 4.69) is 6.92 Å². The zero-order valence-corrected chi connectivity index (χ0v) is 6.32. The fourth-order valence-corrected chi connectivity index (χ4v) is 1.76. The van der Waals surface area contributed by atoms with Gasteiger partial charge in [0.05, 0.1) is 0 Å². The predicted octanol–water partition coefficient (Wildman–Crippen LogP) is 1.92. The Hall–Kier alpha value is -0.0400. The van der Waals surface area contributed by atoms with Crippen LogP contribution in [0.3, 0.4) is 0 Å². The van der Waals surface area contributed by atoms with Crippen molar-refractivity contribution in [3.05, 3.63) is 0 Å². The summed E-state index contributed by atoms with van der Waals surface area (Å²) in [5.41, 5.74) is 6.19. The molecule has 0 unspecified atom stereocenters. The van der Waals surface area contributed by atoms with Crippen LogP contribution in [0, 0.1) is 5.41 Å². The maximum atomic E-state index is 5.50. The van der Waals surface area contributed by atoms with E-state index in [-0.39, 0.29) is 0 Å². The van der Waals surface area contributed by atoms with Crippen LogP contribution < -0.4 is 5.73 Å². The molecule has 0 aromatic heterocycles. The highest BCUT2D eigenvalue weighted by atomic mass is 14.6. The van der Waals surface area contributed by atoms with Crippen LogP contribution >= 0.6 is 0 Å². The van der Waals surface area contributed by atoms with Gasteiger partial charge in [-0.05, 0) is 31.2 Å². The maximum Gasteiger partial charge on any atom is -0.00720 e. The van der Waals surface area contributed by atoms with Gasteiger partial charge in [-0.2, -0.15) is 0 Å². The molecule has 0 aromatic rings. The summed E-state index contributed by atoms with van der Waals surface area (Å²) in [5, 5.41) is 0. The van der Waals surface area contributed by atoms with Crippen molar-refractivity contribution < 1.29 is 0 Å². The summed E-state index contributed by atoms with van der Waals surface area (Å²) in [6.45, 7) is 3.17. The Balaban J connectivity index is 2.28. The van der Waals surface area contributed by atoms with Crippen molar-refractivity contribution in [2.45, 2.75) is 39.0 Å². The summed E-state index contributed by atoms with van der Waals surface area (Å²) in [5.74, 6) is 0. The summed E-state index contributed by atoms with van der Waals surface area (Å²) in [6.07, 6.45) is 6.89. The van der Waals surface area contributed by atoms with Gasteiger partial charge in [0, 0.05) is 0 Å². The molecule has 0 heterocycles. The Morgan fingerprint density at radius 3 is 2.22 bits per heavy atom. The van der Waals surface area contributed by atoms with E-state index >= 15 is 0 Å². The molecule has 1 fully saturated rings. The second-order valence-electron chi connectivity index (χ2n) is 3.25. The third-order valence-electron chi connectivity index (χ3n) is 2.84. The van der Waals surface area contributed by atoms with Crippen molar-refractivity contribution in [2.24, 2.45) is 11.1 Å². The van der Waals surface area contributed by atoms with Crippen LogP contribution in [0.25, 0.3) is 0 Å². The summed E-state index contributed by atoms with van der Waals surface area (Å²) in [4.78, 5) is 0. The molecule has 0 radical (unpaired) electrons. The standard InChI is InChI=1S/C8H17N/c1-2-8(6-7-9)4-3-5-8/h2-7,9H2,1H3. The molecule has 1 saturated carbocycles. The third kappa shape index (κ3) is 1.26. The number of nitrogens with two attached hydrogens (primary N) is 1. The van der Waals surface area contributed by atoms with E-state index in [1.807, 2.05) is 0 Å². The van der Waals surface area contributed by atoms with Crippen LogP contribution in [0.15, 0.2) is 0 Å². The van der Waals surface area contributed by atoms with Gasteiger partial charge in [-0.25, -0.2) is 0 Å². The summed E-state index contributed by atoms with van der Waals surface area (Å²) in [6, 6.07) is 0. The first-order valence-electron chi connectivity index (χ1n) is 4.03. The van der Waals surface area contributed by atoms with Crippen LogP contribution in [-0.4, -0.2) is 6.54 Å². The molecule has 2 N–H and O–H groups in total. The predicted molar refractivity (Wildman–Crippen MR) is 40.2 cm³/mol. The lowest BCUT2D eigenvalue weighted by Gasteiger charge is -2.41. The van der Waals surface area contributed by atoms with Gasteiger partial charge < -0.3 is 5.73 Å². The molecule has 9 heavy (non-hydrogen) atoms.